The highest BCUT2D eigenvalue weighted by molar-refractivity contribution is 8.31. The molecule has 0 aromatic heterocycles. The number of halogens is 5. The van der Waals surface area contributed by atoms with Crippen LogP contribution in [0.5, 0.6) is 5.75 Å². The number of rotatable bonds is 2. The van der Waals surface area contributed by atoms with E-state index < -0.39 is 14.6 Å². The molecule has 0 fully saturated rings. The topological polar surface area (TPSA) is 43.4 Å². The molecule has 18 heavy (non-hydrogen) atoms. The van der Waals surface area contributed by atoms with E-state index in [4.69, 9.17) is 8.42 Å². The Morgan fingerprint density at radius 2 is 1.78 bits per heavy atom. The van der Waals surface area contributed by atoms with Crippen LogP contribution in [-0.4, -0.2) is 14.8 Å². The summed E-state index contributed by atoms with van der Waals surface area (Å²) in [5, 5.41) is 0. The molecular weight excluding hydrogens is 316 g/mol. The Morgan fingerprint density at radius 3 is 2.17 bits per heavy atom. The number of hydrogen-bond donors (Lipinski definition) is 0. The molecule has 0 N–H and O–H groups in total. The second kappa shape index (κ2) is 7.06. The van der Waals surface area contributed by atoms with Crippen molar-refractivity contribution in [1.82, 2.24) is 0 Å². The van der Waals surface area contributed by atoms with E-state index >= 15 is 0 Å². The quantitative estimate of drug-likeness (QED) is 0.776. The number of ether oxygens (including phenoxy) is 1. The van der Waals surface area contributed by atoms with Crippen LogP contribution in [0.25, 0.3) is 0 Å². The standard InChI is InChI=1S/C9H9F3O.Cl2O2S/c1-2-7-4-3-5-8(6-7)13-9(10,11)12;1-5(2,3)4/h3-6H,2H2,1H3;. The van der Waals surface area contributed by atoms with Gasteiger partial charge >= 0.3 is 14.6 Å². The Bertz CT molecular complexity index is 466. The van der Waals surface area contributed by atoms with Crippen molar-refractivity contribution in [3.63, 3.8) is 0 Å². The predicted molar refractivity (Wildman–Crippen MR) is 63.1 cm³/mol. The molecule has 0 aliphatic carbocycles. The molecule has 3 nitrogen and oxygen atoms in total. The van der Waals surface area contributed by atoms with Crippen LogP contribution >= 0.6 is 21.4 Å². The third-order valence-electron chi connectivity index (χ3n) is 1.54. The van der Waals surface area contributed by atoms with Gasteiger partial charge in [-0.15, -0.1) is 13.2 Å². The van der Waals surface area contributed by atoms with Crippen LogP contribution in [-0.2, 0) is 14.7 Å². The lowest BCUT2D eigenvalue weighted by molar-refractivity contribution is -0.274. The molecule has 0 bridgehead atoms. The SMILES string of the molecule is CCc1cccc(OC(F)(F)F)c1.O=S(=O)(Cl)Cl. The van der Waals surface area contributed by atoms with Gasteiger partial charge in [0.15, 0.2) is 0 Å². The van der Waals surface area contributed by atoms with Gasteiger partial charge in [-0.05, 0) is 24.1 Å². The van der Waals surface area contributed by atoms with Crippen LogP contribution in [0, 0.1) is 0 Å². The van der Waals surface area contributed by atoms with Gasteiger partial charge in [0.25, 0.3) is 0 Å². The van der Waals surface area contributed by atoms with E-state index in [9.17, 15) is 13.2 Å². The molecule has 0 aliphatic rings. The van der Waals surface area contributed by atoms with Gasteiger partial charge in [0.2, 0.25) is 0 Å². The highest BCUT2D eigenvalue weighted by Gasteiger charge is 2.30. The summed E-state index contributed by atoms with van der Waals surface area (Å²) in [4.78, 5) is 0. The third-order valence-corrected chi connectivity index (χ3v) is 1.54. The zero-order valence-corrected chi connectivity index (χ0v) is 11.4. The largest absolute Gasteiger partial charge is 0.573 e. The molecule has 1 aromatic carbocycles. The highest BCUT2D eigenvalue weighted by atomic mass is 36.0. The molecule has 0 heterocycles. The molecule has 9 heteroatoms. The van der Waals surface area contributed by atoms with Crippen molar-refractivity contribution in [2.24, 2.45) is 0 Å². The summed E-state index contributed by atoms with van der Waals surface area (Å²) >= 11 is 0. The number of hydrogen-bond acceptors (Lipinski definition) is 3. The summed E-state index contributed by atoms with van der Waals surface area (Å²) < 4.78 is 57.3. The molecule has 0 atom stereocenters. The third kappa shape index (κ3) is 11.8. The van der Waals surface area contributed by atoms with E-state index in [-0.39, 0.29) is 5.75 Å². The Labute approximate surface area is 111 Å². The first kappa shape index (κ1) is 17.3. The second-order valence-corrected chi connectivity index (χ2v) is 6.60. The highest BCUT2D eigenvalue weighted by Crippen LogP contribution is 2.23. The van der Waals surface area contributed by atoms with Crippen molar-refractivity contribution in [1.29, 1.82) is 0 Å². The van der Waals surface area contributed by atoms with E-state index in [1.54, 1.807) is 12.1 Å². The summed E-state index contributed by atoms with van der Waals surface area (Å²) in [5.41, 5.74) is 0.821. The summed E-state index contributed by atoms with van der Waals surface area (Å²) in [6, 6.07) is 5.96. The predicted octanol–water partition coefficient (Wildman–Crippen LogP) is 3.86. The van der Waals surface area contributed by atoms with Gasteiger partial charge in [-0.1, -0.05) is 19.1 Å². The minimum Gasteiger partial charge on any atom is -0.406 e. The van der Waals surface area contributed by atoms with Gasteiger partial charge in [0.05, 0.1) is 0 Å². The zero-order valence-electron chi connectivity index (χ0n) is 9.04. The van der Waals surface area contributed by atoms with Crippen molar-refractivity contribution in [3.05, 3.63) is 29.8 Å². The Hall–Kier alpha value is -0.660. The van der Waals surface area contributed by atoms with Crippen LogP contribution in [0.15, 0.2) is 24.3 Å². The second-order valence-electron chi connectivity index (χ2n) is 2.93. The molecule has 0 aliphatic heterocycles. The van der Waals surface area contributed by atoms with Crippen LogP contribution in [0.4, 0.5) is 13.2 Å². The van der Waals surface area contributed by atoms with Crippen molar-refractivity contribution in [2.45, 2.75) is 19.7 Å². The van der Waals surface area contributed by atoms with Crippen molar-refractivity contribution in [2.75, 3.05) is 0 Å². The summed E-state index contributed by atoms with van der Waals surface area (Å²) in [6.45, 7) is 1.87. The number of aryl methyl sites for hydroxylation is 1. The molecule has 1 rings (SSSR count). The van der Waals surface area contributed by atoms with Gasteiger partial charge in [-0.25, -0.2) is 0 Å². The minimum atomic E-state index is -4.60. The molecule has 104 valence electrons. The minimum absolute atomic E-state index is 0.160. The molecule has 0 saturated carbocycles. The number of benzene rings is 1. The average Bonchev–Trinajstić information content (AvgIpc) is 2.12. The molecule has 0 saturated heterocycles. The fourth-order valence-corrected chi connectivity index (χ4v) is 0.963. The molecular formula is C9H9Cl2F3O3S. The van der Waals surface area contributed by atoms with Gasteiger partial charge in [-0.2, -0.15) is 8.42 Å². The number of alkyl halides is 3. The van der Waals surface area contributed by atoms with E-state index in [1.165, 1.54) is 12.1 Å². The van der Waals surface area contributed by atoms with Crippen LogP contribution in [0.1, 0.15) is 12.5 Å². The first-order valence-corrected chi connectivity index (χ1v) is 7.63. The lowest BCUT2D eigenvalue weighted by Crippen LogP contribution is -2.17. The summed E-state index contributed by atoms with van der Waals surface area (Å²) in [5.74, 6) is -0.160. The van der Waals surface area contributed by atoms with Gasteiger partial charge in [0.1, 0.15) is 5.75 Å². The maximum atomic E-state index is 11.8. The first-order chi connectivity index (χ1) is 8.01. The fraction of sp³-hybridized carbons (Fsp3) is 0.333. The lowest BCUT2D eigenvalue weighted by atomic mass is 10.2. The van der Waals surface area contributed by atoms with Crippen LogP contribution in [0.3, 0.4) is 0 Å². The Balaban J connectivity index is 0.000000494. The molecule has 0 unspecified atom stereocenters. The Kier molecular flexibility index (Phi) is 6.80. The lowest BCUT2D eigenvalue weighted by Gasteiger charge is -2.09. The van der Waals surface area contributed by atoms with E-state index in [1.807, 2.05) is 6.92 Å². The smallest absolute Gasteiger partial charge is 0.406 e. The maximum absolute atomic E-state index is 11.8. The summed E-state index contributed by atoms with van der Waals surface area (Å²) in [6.07, 6.45) is -3.92. The monoisotopic (exact) mass is 324 g/mol. The van der Waals surface area contributed by atoms with E-state index in [0.29, 0.717) is 6.42 Å². The zero-order chi connectivity index (χ0) is 14.4. The molecule has 0 radical (unpaired) electrons. The van der Waals surface area contributed by atoms with E-state index in [0.717, 1.165) is 5.56 Å². The van der Waals surface area contributed by atoms with Crippen LogP contribution in [0.2, 0.25) is 0 Å². The van der Waals surface area contributed by atoms with Gasteiger partial charge in [0, 0.05) is 21.4 Å². The fourth-order valence-electron chi connectivity index (χ4n) is 0.963. The molecule has 0 spiro atoms. The van der Waals surface area contributed by atoms with Crippen molar-refractivity contribution in [3.8, 4) is 5.75 Å². The van der Waals surface area contributed by atoms with E-state index in [2.05, 4.69) is 26.1 Å². The average molecular weight is 325 g/mol. The normalized spacial score (nSPS) is 11.4. The maximum Gasteiger partial charge on any atom is 0.573 e. The molecule has 1 aromatic rings. The Morgan fingerprint density at radius 1 is 1.28 bits per heavy atom. The van der Waals surface area contributed by atoms with Gasteiger partial charge < -0.3 is 4.74 Å². The van der Waals surface area contributed by atoms with Crippen LogP contribution < -0.4 is 4.74 Å². The van der Waals surface area contributed by atoms with Crippen molar-refractivity contribution >= 4 is 29.6 Å². The first-order valence-electron chi connectivity index (χ1n) is 4.50. The van der Waals surface area contributed by atoms with Crippen molar-refractivity contribution < 1.29 is 26.3 Å². The van der Waals surface area contributed by atoms with Gasteiger partial charge in [-0.3, -0.25) is 0 Å². The molecule has 0 amide bonds. The summed E-state index contributed by atoms with van der Waals surface area (Å²) in [7, 11) is 4.81.